The van der Waals surface area contributed by atoms with E-state index >= 15 is 0 Å². The molecular weight excluding hydrogens is 418 g/mol. The summed E-state index contributed by atoms with van der Waals surface area (Å²) in [5.41, 5.74) is 22.5. The number of nitrogens with zero attached hydrogens (tertiary/aromatic N) is 3. The van der Waals surface area contributed by atoms with Gasteiger partial charge in [0.05, 0.1) is 28.8 Å². The number of nitrogen functional groups attached to an aromatic ring is 1. The Kier molecular flexibility index (Phi) is 5.97. The lowest BCUT2D eigenvalue weighted by Gasteiger charge is -2.17. The van der Waals surface area contributed by atoms with Crippen LogP contribution < -0.4 is 21.9 Å². The van der Waals surface area contributed by atoms with Crippen molar-refractivity contribution in [3.05, 3.63) is 53.9 Å². The zero-order valence-electron chi connectivity index (χ0n) is 18.8. The fraction of sp³-hybridized carbons (Fsp3) is 0.250. The topological polar surface area (TPSA) is 159 Å². The molecule has 0 spiro atoms. The summed E-state index contributed by atoms with van der Waals surface area (Å²) in [5, 5.41) is 7.98. The Morgan fingerprint density at radius 2 is 1.94 bits per heavy atom. The van der Waals surface area contributed by atoms with Crippen molar-refractivity contribution >= 4 is 22.5 Å². The molecule has 1 atom stereocenters. The van der Waals surface area contributed by atoms with E-state index in [1.165, 1.54) is 0 Å². The van der Waals surface area contributed by atoms with Crippen molar-refractivity contribution in [3.8, 4) is 28.4 Å². The van der Waals surface area contributed by atoms with Crippen LogP contribution >= 0.6 is 0 Å². The van der Waals surface area contributed by atoms with E-state index in [2.05, 4.69) is 20.2 Å². The van der Waals surface area contributed by atoms with Crippen LogP contribution in [0.2, 0.25) is 0 Å². The second kappa shape index (κ2) is 8.87. The molecule has 4 aromatic rings. The second-order valence-corrected chi connectivity index (χ2v) is 8.35. The molecule has 0 aliphatic rings. The van der Waals surface area contributed by atoms with Crippen LogP contribution in [0.25, 0.3) is 33.4 Å². The number of hydrogen-bond acceptors (Lipinski definition) is 7. The lowest BCUT2D eigenvalue weighted by Crippen LogP contribution is -2.33. The van der Waals surface area contributed by atoms with Gasteiger partial charge in [-0.1, -0.05) is 26.0 Å². The fourth-order valence-electron chi connectivity index (χ4n) is 3.58. The Hall–Kier alpha value is -3.98. The number of benzene rings is 1. The van der Waals surface area contributed by atoms with Crippen LogP contribution in [0.5, 0.6) is 5.88 Å². The Labute approximate surface area is 191 Å². The van der Waals surface area contributed by atoms with Crippen LogP contribution in [-0.4, -0.2) is 38.7 Å². The molecule has 0 unspecified atom stereocenters. The summed E-state index contributed by atoms with van der Waals surface area (Å²) >= 11 is 0. The Balaban J connectivity index is 1.84. The molecule has 0 saturated heterocycles. The number of H-pyrrole nitrogens is 1. The molecule has 3 heterocycles. The van der Waals surface area contributed by atoms with Gasteiger partial charge in [-0.2, -0.15) is 5.10 Å². The van der Waals surface area contributed by atoms with Gasteiger partial charge >= 0.3 is 0 Å². The van der Waals surface area contributed by atoms with Gasteiger partial charge in [0.15, 0.2) is 5.69 Å². The fourth-order valence-corrected chi connectivity index (χ4v) is 3.58. The standard InChI is InChI=1S/C24H27N7O2/c1-12(2)16(25)11-33-20-6-4-5-18(29-20)19-9-14(22(26)23(30-19)24(27)32)21-13(3)7-8-17-15(21)10-28-31-17/h4-10,12,16H,11,25-26H2,1-3H3,(H2,27,32)(H,28,31)/t16-/m0/s1. The highest BCUT2D eigenvalue weighted by atomic mass is 16.5. The Bertz CT molecular complexity index is 1330. The third-order valence-corrected chi connectivity index (χ3v) is 5.66. The highest BCUT2D eigenvalue weighted by molar-refractivity contribution is 6.05. The maximum absolute atomic E-state index is 12.2. The van der Waals surface area contributed by atoms with Gasteiger partial charge in [-0.3, -0.25) is 9.89 Å². The number of aryl methyl sites for hydroxylation is 1. The molecule has 9 heteroatoms. The van der Waals surface area contributed by atoms with Gasteiger partial charge < -0.3 is 21.9 Å². The van der Waals surface area contributed by atoms with Gasteiger partial charge in [0, 0.05) is 23.1 Å². The minimum absolute atomic E-state index is 0.0163. The minimum Gasteiger partial charge on any atom is -0.476 e. The molecule has 0 aliphatic carbocycles. The summed E-state index contributed by atoms with van der Waals surface area (Å²) in [4.78, 5) is 21.2. The van der Waals surface area contributed by atoms with E-state index in [1.807, 2.05) is 45.0 Å². The first-order chi connectivity index (χ1) is 15.8. The van der Waals surface area contributed by atoms with Crippen LogP contribution in [-0.2, 0) is 0 Å². The van der Waals surface area contributed by atoms with Gasteiger partial charge in [-0.05, 0) is 42.2 Å². The predicted octanol–water partition coefficient (Wildman–Crippen LogP) is 3.04. The third kappa shape index (κ3) is 4.35. The lowest BCUT2D eigenvalue weighted by atomic mass is 9.94. The quantitative estimate of drug-likeness (QED) is 0.340. The zero-order valence-corrected chi connectivity index (χ0v) is 18.8. The van der Waals surface area contributed by atoms with Gasteiger partial charge in [-0.25, -0.2) is 9.97 Å². The highest BCUT2D eigenvalue weighted by Gasteiger charge is 2.20. The summed E-state index contributed by atoms with van der Waals surface area (Å²) < 4.78 is 5.78. The Morgan fingerprint density at radius 1 is 1.15 bits per heavy atom. The third-order valence-electron chi connectivity index (χ3n) is 5.66. The molecule has 170 valence electrons. The number of carbonyl (C=O) groups excluding carboxylic acids is 1. The van der Waals surface area contributed by atoms with Crippen LogP contribution in [0.15, 0.2) is 42.6 Å². The number of hydrogen-bond donors (Lipinski definition) is 4. The van der Waals surface area contributed by atoms with E-state index in [-0.39, 0.29) is 23.3 Å². The maximum atomic E-state index is 12.2. The number of fused-ring (bicyclic) bond motifs is 1. The average Bonchev–Trinajstić information content (AvgIpc) is 3.26. The highest BCUT2D eigenvalue weighted by Crippen LogP contribution is 2.37. The van der Waals surface area contributed by atoms with E-state index in [0.29, 0.717) is 29.4 Å². The van der Waals surface area contributed by atoms with E-state index in [4.69, 9.17) is 21.9 Å². The number of aromatic nitrogens is 4. The average molecular weight is 446 g/mol. The smallest absolute Gasteiger partial charge is 0.269 e. The first kappa shape index (κ1) is 22.2. The van der Waals surface area contributed by atoms with Crippen LogP contribution in [0.4, 0.5) is 5.69 Å². The summed E-state index contributed by atoms with van der Waals surface area (Å²) in [7, 11) is 0. The van der Waals surface area contributed by atoms with Crippen molar-refractivity contribution in [1.82, 2.24) is 20.2 Å². The number of ether oxygens (including phenoxy) is 1. The molecule has 3 aromatic heterocycles. The number of primary amides is 1. The van der Waals surface area contributed by atoms with Gasteiger partial charge in [0.1, 0.15) is 6.61 Å². The first-order valence-corrected chi connectivity index (χ1v) is 10.7. The number of amides is 1. The van der Waals surface area contributed by atoms with Crippen LogP contribution in [0.1, 0.15) is 29.9 Å². The molecular formula is C24H27N7O2. The minimum atomic E-state index is -0.720. The van der Waals surface area contributed by atoms with Crippen molar-refractivity contribution in [1.29, 1.82) is 0 Å². The summed E-state index contributed by atoms with van der Waals surface area (Å²) in [6, 6.07) is 10.9. The molecule has 33 heavy (non-hydrogen) atoms. The monoisotopic (exact) mass is 445 g/mol. The Morgan fingerprint density at radius 3 is 2.67 bits per heavy atom. The van der Waals surface area contributed by atoms with Crippen molar-refractivity contribution < 1.29 is 9.53 Å². The van der Waals surface area contributed by atoms with E-state index in [9.17, 15) is 4.79 Å². The predicted molar refractivity (Wildman–Crippen MR) is 129 cm³/mol. The first-order valence-electron chi connectivity index (χ1n) is 10.7. The van der Waals surface area contributed by atoms with Crippen LogP contribution in [0, 0.1) is 12.8 Å². The number of pyridine rings is 2. The molecule has 7 N–H and O–H groups in total. The number of nitrogens with one attached hydrogen (secondary N) is 1. The molecule has 0 radical (unpaired) electrons. The molecule has 1 aromatic carbocycles. The number of nitrogens with two attached hydrogens (primary N) is 3. The van der Waals surface area contributed by atoms with E-state index in [0.717, 1.165) is 22.0 Å². The molecule has 4 rings (SSSR count). The van der Waals surface area contributed by atoms with Gasteiger partial charge in [0.2, 0.25) is 5.88 Å². The van der Waals surface area contributed by atoms with Crippen molar-refractivity contribution in [3.63, 3.8) is 0 Å². The number of carbonyl (C=O) groups is 1. The lowest BCUT2D eigenvalue weighted by molar-refractivity contribution is 0.0996. The zero-order chi connectivity index (χ0) is 23.7. The number of rotatable bonds is 7. The number of anilines is 1. The molecule has 1 amide bonds. The van der Waals surface area contributed by atoms with Crippen molar-refractivity contribution in [2.24, 2.45) is 17.4 Å². The van der Waals surface area contributed by atoms with E-state index < -0.39 is 5.91 Å². The van der Waals surface area contributed by atoms with Crippen molar-refractivity contribution in [2.75, 3.05) is 12.3 Å². The SMILES string of the molecule is Cc1ccc2[nH]ncc2c1-c1cc(-c2cccc(OC[C@H](N)C(C)C)n2)nc(C(N)=O)c1N. The molecule has 0 bridgehead atoms. The van der Waals surface area contributed by atoms with Crippen molar-refractivity contribution in [2.45, 2.75) is 26.8 Å². The van der Waals surface area contributed by atoms with Gasteiger partial charge in [-0.15, -0.1) is 0 Å². The molecule has 0 fully saturated rings. The maximum Gasteiger partial charge on any atom is 0.269 e. The molecule has 9 nitrogen and oxygen atoms in total. The summed E-state index contributed by atoms with van der Waals surface area (Å²) in [5.74, 6) is -0.0260. The second-order valence-electron chi connectivity index (χ2n) is 8.35. The largest absolute Gasteiger partial charge is 0.476 e. The van der Waals surface area contributed by atoms with E-state index in [1.54, 1.807) is 18.3 Å². The summed E-state index contributed by atoms with van der Waals surface area (Å²) in [6.07, 6.45) is 1.73. The normalized spacial score (nSPS) is 12.3. The molecule has 0 saturated carbocycles. The number of aromatic amines is 1. The summed E-state index contributed by atoms with van der Waals surface area (Å²) in [6.45, 7) is 6.37. The van der Waals surface area contributed by atoms with Gasteiger partial charge in [0.25, 0.3) is 5.91 Å². The van der Waals surface area contributed by atoms with Crippen LogP contribution in [0.3, 0.4) is 0 Å². The molecule has 0 aliphatic heterocycles.